The molecule has 0 spiro atoms. The predicted molar refractivity (Wildman–Crippen MR) is 211 cm³/mol. The largest absolute Gasteiger partial charge is 0.337 e. The second-order valence-corrected chi connectivity index (χ2v) is 14.5. The van der Waals surface area contributed by atoms with Crippen molar-refractivity contribution < 1.29 is 4.57 Å². The van der Waals surface area contributed by atoms with Gasteiger partial charge in [0.15, 0.2) is 11.7 Å². The first kappa shape index (κ1) is 34.7. The molecule has 6 rings (SSSR count). The highest BCUT2D eigenvalue weighted by Crippen LogP contribution is 2.50. The summed E-state index contributed by atoms with van der Waals surface area (Å²) in [7, 11) is 0. The maximum Gasteiger partial charge on any atom is 0.213 e. The van der Waals surface area contributed by atoms with Gasteiger partial charge in [-0.05, 0) is 93.0 Å². The molecule has 3 heterocycles. The highest BCUT2D eigenvalue weighted by atomic mass is 15.2. The SMILES string of the molecule is CC=CC=CCC1=CC2C(C=C(C)c3ccccc3)=C(C)N(c3ccc4c(c3)-c3ccc(C)c[n+]3C(CC)(CCCCC)C4CC)C2C=C1. The Morgan fingerprint density at radius 2 is 1.78 bits per heavy atom. The maximum absolute atomic E-state index is 2.71. The van der Waals surface area contributed by atoms with Crippen molar-refractivity contribution in [3.05, 3.63) is 149 Å². The molecule has 2 nitrogen and oxygen atoms in total. The van der Waals surface area contributed by atoms with Gasteiger partial charge >= 0.3 is 0 Å². The van der Waals surface area contributed by atoms with E-state index in [2.05, 4.69) is 173 Å². The summed E-state index contributed by atoms with van der Waals surface area (Å²) >= 11 is 0. The van der Waals surface area contributed by atoms with Crippen LogP contribution in [0, 0.1) is 12.8 Å². The number of aryl methyl sites for hydroxylation is 1. The molecule has 4 unspecified atom stereocenters. The van der Waals surface area contributed by atoms with Crippen LogP contribution in [0.5, 0.6) is 0 Å². The van der Waals surface area contributed by atoms with Gasteiger partial charge in [0.25, 0.3) is 0 Å². The van der Waals surface area contributed by atoms with E-state index in [4.69, 9.17) is 0 Å². The molecule has 0 saturated heterocycles. The summed E-state index contributed by atoms with van der Waals surface area (Å²) in [5.74, 6) is 0.784. The number of benzene rings is 2. The minimum atomic E-state index is 0.107. The number of allylic oxidation sites excluding steroid dienone is 9. The fourth-order valence-corrected chi connectivity index (χ4v) is 9.01. The molecule has 254 valence electrons. The Balaban J connectivity index is 1.46. The van der Waals surface area contributed by atoms with Gasteiger partial charge in [0, 0.05) is 47.7 Å². The lowest BCUT2D eigenvalue weighted by atomic mass is 9.68. The molecule has 2 heteroatoms. The van der Waals surface area contributed by atoms with E-state index < -0.39 is 0 Å². The van der Waals surface area contributed by atoms with Crippen LogP contribution in [0.1, 0.15) is 109 Å². The van der Waals surface area contributed by atoms with Gasteiger partial charge in [0.2, 0.25) is 5.69 Å². The summed E-state index contributed by atoms with van der Waals surface area (Å²) in [6, 6.07) is 23.2. The summed E-state index contributed by atoms with van der Waals surface area (Å²) in [5, 5.41) is 0. The molecule has 49 heavy (non-hydrogen) atoms. The summed E-state index contributed by atoms with van der Waals surface area (Å²) in [6.45, 7) is 16.1. The fourth-order valence-electron chi connectivity index (χ4n) is 9.01. The number of nitrogens with zero attached hydrogens (tertiary/aromatic N) is 2. The van der Waals surface area contributed by atoms with Crippen molar-refractivity contribution in [1.29, 1.82) is 0 Å². The summed E-state index contributed by atoms with van der Waals surface area (Å²) in [4.78, 5) is 2.62. The van der Waals surface area contributed by atoms with Gasteiger partial charge in [-0.15, -0.1) is 0 Å². The van der Waals surface area contributed by atoms with Crippen LogP contribution >= 0.6 is 0 Å². The number of hydrogen-bond acceptors (Lipinski definition) is 1. The highest BCUT2D eigenvalue weighted by molar-refractivity contribution is 5.75. The van der Waals surface area contributed by atoms with Crippen molar-refractivity contribution in [2.45, 2.75) is 111 Å². The number of rotatable bonds is 12. The molecule has 1 aliphatic carbocycles. The number of hydrogen-bond donors (Lipinski definition) is 0. The van der Waals surface area contributed by atoms with Crippen molar-refractivity contribution in [1.82, 2.24) is 0 Å². The Hall–Kier alpha value is -4.17. The van der Waals surface area contributed by atoms with Crippen molar-refractivity contribution >= 4 is 11.3 Å². The lowest BCUT2D eigenvalue weighted by Gasteiger charge is -2.41. The lowest BCUT2D eigenvalue weighted by molar-refractivity contribution is -0.763. The van der Waals surface area contributed by atoms with Crippen molar-refractivity contribution in [2.24, 2.45) is 5.92 Å². The first-order chi connectivity index (χ1) is 23.9. The van der Waals surface area contributed by atoms with E-state index in [1.807, 2.05) is 0 Å². The van der Waals surface area contributed by atoms with Crippen LogP contribution in [0.2, 0.25) is 0 Å². The Morgan fingerprint density at radius 3 is 2.51 bits per heavy atom. The molecule has 0 N–H and O–H groups in total. The van der Waals surface area contributed by atoms with Crippen LogP contribution in [0.4, 0.5) is 5.69 Å². The molecule has 0 saturated carbocycles. The van der Waals surface area contributed by atoms with Crippen LogP contribution in [0.15, 0.2) is 132 Å². The van der Waals surface area contributed by atoms with Crippen LogP contribution in [0.25, 0.3) is 16.8 Å². The minimum absolute atomic E-state index is 0.107. The van der Waals surface area contributed by atoms with Gasteiger partial charge in [-0.25, -0.2) is 0 Å². The molecule has 1 aromatic heterocycles. The Labute approximate surface area is 297 Å². The van der Waals surface area contributed by atoms with E-state index >= 15 is 0 Å². The Bertz CT molecular complexity index is 1830. The second-order valence-electron chi connectivity index (χ2n) is 14.5. The van der Waals surface area contributed by atoms with E-state index in [0.717, 1.165) is 19.3 Å². The number of pyridine rings is 1. The van der Waals surface area contributed by atoms with Crippen molar-refractivity contribution in [3.8, 4) is 11.3 Å². The third kappa shape index (κ3) is 6.60. The van der Waals surface area contributed by atoms with Gasteiger partial charge in [0.1, 0.15) is 0 Å². The zero-order valence-electron chi connectivity index (χ0n) is 31.0. The van der Waals surface area contributed by atoms with Gasteiger partial charge in [-0.2, -0.15) is 4.57 Å². The van der Waals surface area contributed by atoms with Gasteiger partial charge in [0.05, 0.1) is 11.6 Å². The normalized spacial score (nSPS) is 23.3. The quantitative estimate of drug-likeness (QED) is 0.108. The molecule has 0 bridgehead atoms. The van der Waals surface area contributed by atoms with E-state index in [1.54, 1.807) is 0 Å². The van der Waals surface area contributed by atoms with E-state index in [-0.39, 0.29) is 11.6 Å². The topological polar surface area (TPSA) is 7.12 Å². The maximum atomic E-state index is 2.71. The third-order valence-electron chi connectivity index (χ3n) is 11.5. The molecule has 2 aromatic carbocycles. The highest BCUT2D eigenvalue weighted by Gasteiger charge is 2.51. The molecule has 4 atom stereocenters. The van der Waals surface area contributed by atoms with E-state index in [9.17, 15) is 0 Å². The predicted octanol–water partition coefficient (Wildman–Crippen LogP) is 12.3. The fraction of sp³-hybridized carbons (Fsp3) is 0.383. The molecule has 0 fully saturated rings. The second kappa shape index (κ2) is 15.2. The number of unbranched alkanes of at least 4 members (excludes halogenated alkanes) is 2. The zero-order valence-corrected chi connectivity index (χ0v) is 31.0. The molecule has 0 amide bonds. The molecule has 2 aliphatic heterocycles. The number of anilines is 1. The van der Waals surface area contributed by atoms with E-state index in [0.29, 0.717) is 11.8 Å². The Kier molecular flexibility index (Phi) is 10.7. The summed E-state index contributed by atoms with van der Waals surface area (Å²) in [5.41, 5.74) is 13.8. The first-order valence-electron chi connectivity index (χ1n) is 18.9. The average Bonchev–Trinajstić information content (AvgIpc) is 3.39. The Morgan fingerprint density at radius 1 is 0.959 bits per heavy atom. The first-order valence-corrected chi connectivity index (χ1v) is 18.9. The van der Waals surface area contributed by atoms with Crippen LogP contribution in [0.3, 0.4) is 0 Å². The van der Waals surface area contributed by atoms with Gasteiger partial charge < -0.3 is 4.90 Å². The minimum Gasteiger partial charge on any atom is -0.337 e. The smallest absolute Gasteiger partial charge is 0.213 e. The number of fused-ring (bicyclic) bond motifs is 4. The zero-order chi connectivity index (χ0) is 34.5. The monoisotopic (exact) mass is 649 g/mol. The molecule has 0 radical (unpaired) electrons. The van der Waals surface area contributed by atoms with Gasteiger partial charge in [-0.1, -0.05) is 119 Å². The molecular formula is C47H57N2+. The van der Waals surface area contributed by atoms with Gasteiger partial charge in [-0.3, -0.25) is 0 Å². The summed E-state index contributed by atoms with van der Waals surface area (Å²) in [6.07, 6.45) is 29.2. The van der Waals surface area contributed by atoms with Crippen LogP contribution in [-0.4, -0.2) is 6.04 Å². The van der Waals surface area contributed by atoms with Crippen LogP contribution in [-0.2, 0) is 5.54 Å². The average molecular weight is 650 g/mol. The van der Waals surface area contributed by atoms with Crippen molar-refractivity contribution in [2.75, 3.05) is 4.90 Å². The van der Waals surface area contributed by atoms with Crippen molar-refractivity contribution in [3.63, 3.8) is 0 Å². The van der Waals surface area contributed by atoms with E-state index in [1.165, 1.54) is 81.7 Å². The molecular weight excluding hydrogens is 593 g/mol. The standard InChI is InChI=1S/C47H57N2/c1-8-12-14-16-20-37-24-28-46-42(31-37)41(30-35(6)38-21-17-15-18-22-38)36(7)49(46)39-25-26-40-43(32-39)45-27-23-34(5)33-48(45)47(11-4,44(40)10-3)29-19-13-9-2/h8,12,14-18,21-28,30-33,42,44,46H,9-11,13,19-20,29H2,1-7H3/q+1. The lowest BCUT2D eigenvalue weighted by Crippen LogP contribution is -2.62. The third-order valence-corrected chi connectivity index (χ3v) is 11.5. The van der Waals surface area contributed by atoms with Crippen LogP contribution < -0.4 is 9.47 Å². The summed E-state index contributed by atoms with van der Waals surface area (Å²) < 4.78 is 2.71. The number of aromatic nitrogens is 1. The molecule has 3 aliphatic rings. The molecule has 3 aromatic rings.